The lowest BCUT2D eigenvalue weighted by Gasteiger charge is -2.33. The Morgan fingerprint density at radius 3 is 2.20 bits per heavy atom. The van der Waals surface area contributed by atoms with Crippen molar-refractivity contribution >= 4 is 43.5 Å². The summed E-state index contributed by atoms with van der Waals surface area (Å²) in [5.41, 5.74) is 3.74. The summed E-state index contributed by atoms with van der Waals surface area (Å²) in [6, 6.07) is 18.7. The molecule has 3 rings (SSSR count). The number of carbonyl (C=O) groups is 2. The largest absolute Gasteiger partial charge is 0.352 e. The van der Waals surface area contributed by atoms with E-state index < -0.39 is 28.5 Å². The first-order valence-electron chi connectivity index (χ1n) is 13.3. The minimum Gasteiger partial charge on any atom is -0.352 e. The van der Waals surface area contributed by atoms with Crippen LogP contribution in [-0.2, 0) is 26.2 Å². The molecule has 0 radical (unpaired) electrons. The fourth-order valence-electron chi connectivity index (χ4n) is 4.22. The maximum absolute atomic E-state index is 14.1. The highest BCUT2D eigenvalue weighted by Gasteiger charge is 2.33. The van der Waals surface area contributed by atoms with Crippen molar-refractivity contribution < 1.29 is 18.0 Å². The monoisotopic (exact) mass is 627 g/mol. The van der Waals surface area contributed by atoms with E-state index in [0.29, 0.717) is 5.69 Å². The molecule has 0 aliphatic carbocycles. The lowest BCUT2D eigenvalue weighted by molar-refractivity contribution is -0.139. The fraction of sp³-hybridized carbons (Fsp3) is 0.355. The normalized spacial score (nSPS) is 12.9. The molecule has 3 aromatic rings. The average Bonchev–Trinajstić information content (AvgIpc) is 2.91. The van der Waals surface area contributed by atoms with Crippen LogP contribution in [0, 0.1) is 20.8 Å². The highest BCUT2D eigenvalue weighted by molar-refractivity contribution is 9.10. The van der Waals surface area contributed by atoms with Crippen molar-refractivity contribution in [3.63, 3.8) is 0 Å². The number of rotatable bonds is 11. The number of carbonyl (C=O) groups excluding carboxylic acids is 2. The Morgan fingerprint density at radius 1 is 0.925 bits per heavy atom. The third-order valence-corrected chi connectivity index (χ3v) is 9.20. The fourth-order valence-corrected chi connectivity index (χ4v) is 6.14. The number of nitrogens with one attached hydrogen (secondary N) is 1. The third kappa shape index (κ3) is 7.73. The zero-order valence-electron chi connectivity index (χ0n) is 23.9. The molecule has 0 saturated carbocycles. The maximum Gasteiger partial charge on any atom is 0.264 e. The first kappa shape index (κ1) is 31.4. The van der Waals surface area contributed by atoms with E-state index in [1.165, 1.54) is 4.90 Å². The van der Waals surface area contributed by atoms with E-state index in [2.05, 4.69) is 21.2 Å². The number of anilines is 1. The van der Waals surface area contributed by atoms with Gasteiger partial charge in [0.2, 0.25) is 11.8 Å². The van der Waals surface area contributed by atoms with Crippen LogP contribution in [0.5, 0.6) is 0 Å². The standard InChI is InChI=1S/C31H38BrN3O4S/c1-7-24(5)33-31(37)25(6)34(19-26-9-8-10-27(32)18-26)30(36)20-35(29-17-22(3)11-14-23(29)4)40(38,39)28-15-12-21(2)13-16-28/h8-18,24-25H,7,19-20H2,1-6H3,(H,33,37). The molecule has 2 unspecified atom stereocenters. The average molecular weight is 629 g/mol. The van der Waals surface area contributed by atoms with Crippen molar-refractivity contribution in [2.24, 2.45) is 0 Å². The Bertz CT molecular complexity index is 1460. The molecule has 0 bridgehead atoms. The minimum absolute atomic E-state index is 0.0638. The van der Waals surface area contributed by atoms with Crippen molar-refractivity contribution in [2.75, 3.05) is 10.8 Å². The SMILES string of the molecule is CCC(C)NC(=O)C(C)N(Cc1cccc(Br)c1)C(=O)CN(c1cc(C)ccc1C)S(=O)(=O)c1ccc(C)cc1. The molecular weight excluding hydrogens is 590 g/mol. The molecule has 0 saturated heterocycles. The number of halogens is 1. The van der Waals surface area contributed by atoms with E-state index in [9.17, 15) is 18.0 Å². The van der Waals surface area contributed by atoms with E-state index in [4.69, 9.17) is 0 Å². The molecular formula is C31H38BrN3O4S. The van der Waals surface area contributed by atoms with Crippen molar-refractivity contribution in [1.29, 1.82) is 0 Å². The number of hydrogen-bond acceptors (Lipinski definition) is 4. The van der Waals surface area contributed by atoms with Crippen molar-refractivity contribution in [3.8, 4) is 0 Å². The summed E-state index contributed by atoms with van der Waals surface area (Å²) in [5.74, 6) is -0.777. The van der Waals surface area contributed by atoms with Gasteiger partial charge in [-0.3, -0.25) is 13.9 Å². The van der Waals surface area contributed by atoms with Crippen LogP contribution in [-0.4, -0.2) is 43.8 Å². The summed E-state index contributed by atoms with van der Waals surface area (Å²) in [5, 5.41) is 2.95. The van der Waals surface area contributed by atoms with Crippen LogP contribution in [0.1, 0.15) is 49.4 Å². The number of hydrogen-bond donors (Lipinski definition) is 1. The van der Waals surface area contributed by atoms with Crippen molar-refractivity contribution in [1.82, 2.24) is 10.2 Å². The lowest BCUT2D eigenvalue weighted by atomic mass is 10.1. The van der Waals surface area contributed by atoms with Crippen LogP contribution in [0.15, 0.2) is 76.1 Å². The van der Waals surface area contributed by atoms with Gasteiger partial charge in [0.05, 0.1) is 10.6 Å². The number of amides is 2. The molecule has 0 aliphatic heterocycles. The molecule has 1 N–H and O–H groups in total. The molecule has 9 heteroatoms. The van der Waals surface area contributed by atoms with E-state index in [1.807, 2.05) is 71.0 Å². The quantitative estimate of drug-likeness (QED) is 0.287. The maximum atomic E-state index is 14.1. The molecule has 0 heterocycles. The number of aryl methyl sites for hydroxylation is 3. The van der Waals surface area contributed by atoms with Gasteiger partial charge in [0, 0.05) is 17.1 Å². The van der Waals surface area contributed by atoms with E-state index in [1.54, 1.807) is 37.3 Å². The van der Waals surface area contributed by atoms with Gasteiger partial charge in [-0.2, -0.15) is 0 Å². The Hall–Kier alpha value is -3.17. The third-order valence-electron chi connectivity index (χ3n) is 6.93. The highest BCUT2D eigenvalue weighted by Crippen LogP contribution is 2.29. The zero-order chi connectivity index (χ0) is 29.6. The topological polar surface area (TPSA) is 86.8 Å². The summed E-state index contributed by atoms with van der Waals surface area (Å²) in [6.45, 7) is 10.8. The molecule has 0 aromatic heterocycles. The van der Waals surface area contributed by atoms with Crippen LogP contribution in [0.25, 0.3) is 0 Å². The van der Waals surface area contributed by atoms with Crippen molar-refractivity contribution in [3.05, 3.63) is 93.5 Å². The van der Waals surface area contributed by atoms with Gasteiger partial charge in [-0.05, 0) is 88.1 Å². The molecule has 2 amide bonds. The predicted octanol–water partition coefficient (Wildman–Crippen LogP) is 5.90. The Labute approximate surface area is 246 Å². The van der Waals surface area contributed by atoms with Crippen LogP contribution in [0.3, 0.4) is 0 Å². The summed E-state index contributed by atoms with van der Waals surface area (Å²) in [6.07, 6.45) is 0.743. The number of nitrogens with zero attached hydrogens (tertiary/aromatic N) is 2. The van der Waals surface area contributed by atoms with Crippen molar-refractivity contribution in [2.45, 2.75) is 71.5 Å². The van der Waals surface area contributed by atoms with Gasteiger partial charge in [-0.1, -0.05) is 64.8 Å². The molecule has 3 aromatic carbocycles. The van der Waals surface area contributed by atoms with Crippen LogP contribution < -0.4 is 9.62 Å². The summed E-state index contributed by atoms with van der Waals surface area (Å²) < 4.78 is 30.1. The van der Waals surface area contributed by atoms with Crippen LogP contribution in [0.4, 0.5) is 5.69 Å². The molecule has 40 heavy (non-hydrogen) atoms. The first-order valence-corrected chi connectivity index (χ1v) is 15.6. The second-order valence-electron chi connectivity index (χ2n) is 10.3. The molecule has 214 valence electrons. The van der Waals surface area contributed by atoms with Gasteiger partial charge in [0.25, 0.3) is 10.0 Å². The van der Waals surface area contributed by atoms with Crippen LogP contribution >= 0.6 is 15.9 Å². The highest BCUT2D eigenvalue weighted by atomic mass is 79.9. The number of sulfonamides is 1. The number of benzene rings is 3. The second kappa shape index (κ2) is 13.5. The molecule has 7 nitrogen and oxygen atoms in total. The minimum atomic E-state index is -4.11. The predicted molar refractivity (Wildman–Crippen MR) is 164 cm³/mol. The molecule has 0 aliphatic rings. The first-order chi connectivity index (χ1) is 18.8. The smallest absolute Gasteiger partial charge is 0.264 e. The summed E-state index contributed by atoms with van der Waals surface area (Å²) in [7, 11) is -4.11. The Morgan fingerprint density at radius 2 is 1.57 bits per heavy atom. The second-order valence-corrected chi connectivity index (χ2v) is 13.0. The zero-order valence-corrected chi connectivity index (χ0v) is 26.3. The van der Waals surface area contributed by atoms with Crippen LogP contribution in [0.2, 0.25) is 0 Å². The molecule has 0 spiro atoms. The van der Waals surface area contributed by atoms with Gasteiger partial charge >= 0.3 is 0 Å². The van der Waals surface area contributed by atoms with Gasteiger partial charge < -0.3 is 10.2 Å². The summed E-state index contributed by atoms with van der Waals surface area (Å²) in [4.78, 5) is 28.8. The lowest BCUT2D eigenvalue weighted by Crippen LogP contribution is -2.52. The molecule has 2 atom stereocenters. The van der Waals surface area contributed by atoms with Gasteiger partial charge in [-0.15, -0.1) is 0 Å². The van der Waals surface area contributed by atoms with Gasteiger partial charge in [0.15, 0.2) is 0 Å². The van der Waals surface area contributed by atoms with E-state index in [0.717, 1.165) is 37.5 Å². The van der Waals surface area contributed by atoms with Gasteiger partial charge in [0.1, 0.15) is 12.6 Å². The summed E-state index contributed by atoms with van der Waals surface area (Å²) >= 11 is 3.47. The molecule has 0 fully saturated rings. The van der Waals surface area contributed by atoms with Gasteiger partial charge in [-0.25, -0.2) is 8.42 Å². The Balaban J connectivity index is 2.07. The van der Waals surface area contributed by atoms with E-state index >= 15 is 0 Å². The Kier molecular flexibility index (Phi) is 10.6. The van der Waals surface area contributed by atoms with E-state index in [-0.39, 0.29) is 23.4 Å².